The number of imidazole rings is 2. The maximum Gasteiger partial charge on any atom is 0.326 e. The molecule has 10 nitrogen and oxygen atoms in total. The summed E-state index contributed by atoms with van der Waals surface area (Å²) in [5, 5.41) is 20.9. The normalized spacial score (nSPS) is 21.4. The van der Waals surface area contributed by atoms with Crippen molar-refractivity contribution in [1.82, 2.24) is 19.9 Å². The lowest BCUT2D eigenvalue weighted by Gasteiger charge is -2.38. The van der Waals surface area contributed by atoms with Crippen LogP contribution in [0.1, 0.15) is 20.7 Å². The van der Waals surface area contributed by atoms with E-state index in [0.29, 0.717) is 21.8 Å². The van der Waals surface area contributed by atoms with Gasteiger partial charge in [-0.05, 0) is 6.07 Å². The van der Waals surface area contributed by atoms with Gasteiger partial charge in [-0.2, -0.15) is 0 Å². The largest absolute Gasteiger partial charge is 0.481 e. The van der Waals surface area contributed by atoms with Gasteiger partial charge in [0.05, 0.1) is 0 Å². The van der Waals surface area contributed by atoms with E-state index in [1.54, 1.807) is 18.3 Å². The summed E-state index contributed by atoms with van der Waals surface area (Å²) in [6.07, 6.45) is 8.33. The van der Waals surface area contributed by atoms with Crippen LogP contribution in [0.4, 0.5) is 0 Å². The Bertz CT molecular complexity index is 1410. The number of carbonyl (C=O) groups excluding carboxylic acids is 2. The molecule has 0 spiro atoms. The second kappa shape index (κ2) is 8.15. The zero-order chi connectivity index (χ0) is 24.0. The van der Waals surface area contributed by atoms with Crippen molar-refractivity contribution in [3.05, 3.63) is 77.4 Å². The first-order chi connectivity index (χ1) is 16.3. The fourth-order valence-corrected chi connectivity index (χ4v) is 6.22. The topological polar surface area (TPSA) is 166 Å². The van der Waals surface area contributed by atoms with E-state index in [-0.39, 0.29) is 27.4 Å². The number of aromatic nitrogens is 4. The van der Waals surface area contributed by atoms with Gasteiger partial charge < -0.3 is 20.2 Å². The van der Waals surface area contributed by atoms with Gasteiger partial charge in [0.15, 0.2) is 26.6 Å². The summed E-state index contributed by atoms with van der Waals surface area (Å²) >= 11 is 1.69. The number of fused-ring (bicyclic) bond motifs is 1. The maximum atomic E-state index is 14.0. The zero-order valence-corrected chi connectivity index (χ0v) is 18.6. The monoisotopic (exact) mass is 494 g/mol. The van der Waals surface area contributed by atoms with Crippen LogP contribution in [0, 0.1) is 5.92 Å². The molecular formula is C22H14N4O6S2. The summed E-state index contributed by atoms with van der Waals surface area (Å²) < 4.78 is -2.33. The molecule has 2 aromatic heterocycles. The van der Waals surface area contributed by atoms with Crippen LogP contribution in [-0.4, -0.2) is 58.4 Å². The van der Waals surface area contributed by atoms with E-state index < -0.39 is 34.2 Å². The molecule has 2 heterocycles. The highest BCUT2D eigenvalue weighted by Gasteiger charge is 2.59. The molecule has 2 atom stereocenters. The van der Waals surface area contributed by atoms with Gasteiger partial charge in [0.1, 0.15) is 5.92 Å². The summed E-state index contributed by atoms with van der Waals surface area (Å²) in [5.41, 5.74) is -0.406. The van der Waals surface area contributed by atoms with Gasteiger partial charge >= 0.3 is 11.9 Å². The van der Waals surface area contributed by atoms with Crippen LogP contribution in [0.15, 0.2) is 81.5 Å². The molecule has 3 aromatic rings. The quantitative estimate of drug-likeness (QED) is 0.400. The molecule has 170 valence electrons. The number of carbonyl (C=O) groups is 4. The number of nitrogens with one attached hydrogen (secondary N) is 2. The molecule has 0 saturated heterocycles. The minimum Gasteiger partial charge on any atom is -0.481 e. The van der Waals surface area contributed by atoms with Gasteiger partial charge in [0.2, 0.25) is 0 Å². The standard InChI is InChI=1S/C22H14N4O6S2/c27-16-10-2-1-3-13(33-20-23-6-7-24-20)14(10)17(28)15-11(16)4-5-12(18(29)30)22(15,19(31)32)34-21-25-8-9-26-21/h1-9,12H,(H,23,24)(H,25,26)(H,29,30)(H,31,32). The van der Waals surface area contributed by atoms with E-state index in [1.807, 2.05) is 0 Å². The van der Waals surface area contributed by atoms with E-state index in [1.165, 1.54) is 30.7 Å². The third kappa shape index (κ3) is 3.22. The highest BCUT2D eigenvalue weighted by molar-refractivity contribution is 8.01. The Morgan fingerprint density at radius 1 is 1.00 bits per heavy atom. The lowest BCUT2D eigenvalue weighted by Crippen LogP contribution is -2.52. The fourth-order valence-electron chi connectivity index (χ4n) is 4.08. The number of H-pyrrole nitrogens is 2. The lowest BCUT2D eigenvalue weighted by molar-refractivity contribution is -0.148. The smallest absolute Gasteiger partial charge is 0.326 e. The molecule has 4 N–H and O–H groups in total. The number of carboxylic acid groups (broad SMARTS) is 2. The molecule has 2 aliphatic rings. The zero-order valence-electron chi connectivity index (χ0n) is 17.0. The number of aromatic amines is 2. The molecule has 0 bridgehead atoms. The van der Waals surface area contributed by atoms with Crippen molar-refractivity contribution in [2.75, 3.05) is 0 Å². The predicted octanol–water partition coefficient (Wildman–Crippen LogP) is 2.85. The van der Waals surface area contributed by atoms with Gasteiger partial charge in [-0.15, -0.1) is 0 Å². The van der Waals surface area contributed by atoms with Crippen LogP contribution in [-0.2, 0) is 9.59 Å². The second-order valence-corrected chi connectivity index (χ2v) is 9.60. The third-order valence-corrected chi connectivity index (χ3v) is 7.85. The summed E-state index contributed by atoms with van der Waals surface area (Å²) in [6.45, 7) is 0. The molecule has 34 heavy (non-hydrogen) atoms. The molecule has 2 unspecified atom stereocenters. The first kappa shape index (κ1) is 21.9. The summed E-state index contributed by atoms with van der Waals surface area (Å²) in [4.78, 5) is 66.6. The first-order valence-corrected chi connectivity index (χ1v) is 11.4. The fraction of sp³-hybridized carbons (Fsp3) is 0.0909. The number of ketones is 2. The minimum absolute atomic E-state index is 0.0118. The summed E-state index contributed by atoms with van der Waals surface area (Å²) in [6, 6.07) is 4.73. The Morgan fingerprint density at radius 2 is 1.71 bits per heavy atom. The Hall–Kier alpha value is -3.90. The number of rotatable bonds is 6. The molecule has 12 heteroatoms. The van der Waals surface area contributed by atoms with Gasteiger partial charge in [-0.3, -0.25) is 19.2 Å². The Morgan fingerprint density at radius 3 is 2.32 bits per heavy atom. The van der Waals surface area contributed by atoms with Gasteiger partial charge in [0, 0.05) is 52.0 Å². The second-order valence-electron chi connectivity index (χ2n) is 7.33. The van der Waals surface area contributed by atoms with Crippen LogP contribution < -0.4 is 0 Å². The van der Waals surface area contributed by atoms with E-state index in [2.05, 4.69) is 19.9 Å². The van der Waals surface area contributed by atoms with E-state index in [9.17, 15) is 29.4 Å². The minimum atomic E-state index is -2.33. The molecule has 0 radical (unpaired) electrons. The summed E-state index contributed by atoms with van der Waals surface area (Å²) in [7, 11) is 0. The first-order valence-electron chi connectivity index (χ1n) is 9.81. The Balaban J connectivity index is 1.74. The molecule has 2 aliphatic carbocycles. The predicted molar refractivity (Wildman–Crippen MR) is 120 cm³/mol. The average Bonchev–Trinajstić information content (AvgIpc) is 3.51. The number of Topliss-reactive ketones (excluding diaryl/α,β-unsaturated/α-hetero) is 2. The Kier molecular flexibility index (Phi) is 5.25. The van der Waals surface area contributed by atoms with Gasteiger partial charge in [-0.25, -0.2) is 9.97 Å². The van der Waals surface area contributed by atoms with Gasteiger partial charge in [0.25, 0.3) is 0 Å². The molecule has 1 aromatic carbocycles. The van der Waals surface area contributed by atoms with Crippen LogP contribution in [0.3, 0.4) is 0 Å². The average molecular weight is 495 g/mol. The molecule has 0 aliphatic heterocycles. The number of carboxylic acids is 2. The number of nitrogens with zero attached hydrogens (tertiary/aromatic N) is 2. The highest BCUT2D eigenvalue weighted by Crippen LogP contribution is 2.51. The molecule has 0 fully saturated rings. The van der Waals surface area contributed by atoms with Crippen LogP contribution in [0.5, 0.6) is 0 Å². The Labute approximate surface area is 199 Å². The number of hydrogen-bond donors (Lipinski definition) is 4. The molecule has 0 amide bonds. The van der Waals surface area contributed by atoms with E-state index in [0.717, 1.165) is 17.8 Å². The van der Waals surface area contributed by atoms with Crippen molar-refractivity contribution in [2.24, 2.45) is 5.92 Å². The van der Waals surface area contributed by atoms with Crippen molar-refractivity contribution in [3.8, 4) is 0 Å². The van der Waals surface area contributed by atoms with Crippen molar-refractivity contribution in [3.63, 3.8) is 0 Å². The maximum absolute atomic E-state index is 14.0. The SMILES string of the molecule is O=C1C2=C(C(=O)c3c(Sc4ncc[nH]4)cccc31)C(Sc1ncc[nH]1)(C(=O)O)C(C(=O)O)C=C2. The molecule has 0 saturated carbocycles. The van der Waals surface area contributed by atoms with E-state index in [4.69, 9.17) is 0 Å². The molecule has 5 rings (SSSR count). The summed E-state index contributed by atoms with van der Waals surface area (Å²) in [5.74, 6) is -5.94. The number of allylic oxidation sites excluding steroid dienone is 2. The number of hydrogen-bond acceptors (Lipinski definition) is 8. The van der Waals surface area contributed by atoms with Crippen LogP contribution in [0.25, 0.3) is 0 Å². The number of benzene rings is 1. The lowest BCUT2D eigenvalue weighted by atomic mass is 9.70. The van der Waals surface area contributed by atoms with Crippen molar-refractivity contribution < 1.29 is 29.4 Å². The van der Waals surface area contributed by atoms with Crippen molar-refractivity contribution in [1.29, 1.82) is 0 Å². The third-order valence-electron chi connectivity index (χ3n) is 5.50. The van der Waals surface area contributed by atoms with E-state index >= 15 is 0 Å². The van der Waals surface area contributed by atoms with Crippen molar-refractivity contribution >= 4 is 47.0 Å². The van der Waals surface area contributed by atoms with Crippen LogP contribution >= 0.6 is 23.5 Å². The van der Waals surface area contributed by atoms with Crippen LogP contribution in [0.2, 0.25) is 0 Å². The highest BCUT2D eigenvalue weighted by atomic mass is 32.2. The van der Waals surface area contributed by atoms with Crippen molar-refractivity contribution in [2.45, 2.75) is 20.0 Å². The molecular weight excluding hydrogens is 480 g/mol. The number of aliphatic carboxylic acids is 2. The van der Waals surface area contributed by atoms with Gasteiger partial charge in [-0.1, -0.05) is 47.8 Å². The number of thioether (sulfide) groups is 1.